The molecule has 0 saturated heterocycles. The first-order valence-electron chi connectivity index (χ1n) is 6.53. The van der Waals surface area contributed by atoms with Crippen LogP contribution in [0.4, 0.5) is 13.2 Å². The number of benzene rings is 1. The van der Waals surface area contributed by atoms with E-state index in [-0.39, 0.29) is 17.6 Å². The van der Waals surface area contributed by atoms with Crippen molar-refractivity contribution in [1.29, 1.82) is 10.5 Å². The van der Waals surface area contributed by atoms with Gasteiger partial charge in [0.25, 0.3) is 0 Å². The molecule has 0 bridgehead atoms. The first-order valence-corrected chi connectivity index (χ1v) is 8.08. The Morgan fingerprint density at radius 2 is 1.91 bits per heavy atom. The highest BCUT2D eigenvalue weighted by atomic mass is 32.2. The maximum Gasteiger partial charge on any atom is 0.416 e. The zero-order valence-corrected chi connectivity index (χ0v) is 12.7. The molecule has 0 N–H and O–H groups in total. The molecule has 4 nitrogen and oxygen atoms in total. The van der Waals surface area contributed by atoms with Crippen LogP contribution in [0.1, 0.15) is 30.4 Å². The van der Waals surface area contributed by atoms with Crippen molar-refractivity contribution in [2.24, 2.45) is 0 Å². The van der Waals surface area contributed by atoms with Gasteiger partial charge in [0.2, 0.25) is 9.84 Å². The van der Waals surface area contributed by atoms with Gasteiger partial charge in [-0.3, -0.25) is 0 Å². The van der Waals surface area contributed by atoms with Gasteiger partial charge in [0.15, 0.2) is 5.25 Å². The monoisotopic (exact) mass is 340 g/mol. The average molecular weight is 340 g/mol. The second kappa shape index (κ2) is 5.71. The van der Waals surface area contributed by atoms with Crippen LogP contribution in [0.5, 0.6) is 0 Å². The predicted molar refractivity (Wildman–Crippen MR) is 75.4 cm³/mol. The lowest BCUT2D eigenvalue weighted by Gasteiger charge is -2.28. The summed E-state index contributed by atoms with van der Waals surface area (Å²) in [6, 6.07) is 7.49. The molecule has 2 rings (SSSR count). The molecule has 0 amide bonds. The molecule has 8 heteroatoms. The molecular formula is C15H11F3N2O2S. The number of nitrogens with zero attached hydrogens (tertiary/aromatic N) is 2. The quantitative estimate of drug-likeness (QED) is 0.785. The number of allylic oxidation sites excluding steroid dienone is 2. The zero-order valence-electron chi connectivity index (χ0n) is 11.9. The normalized spacial score (nSPS) is 23.9. The highest BCUT2D eigenvalue weighted by Gasteiger charge is 2.43. The molecule has 0 unspecified atom stereocenters. The Morgan fingerprint density at radius 3 is 2.43 bits per heavy atom. The largest absolute Gasteiger partial charge is 0.416 e. The molecule has 1 aliphatic heterocycles. The van der Waals surface area contributed by atoms with E-state index in [4.69, 9.17) is 5.26 Å². The van der Waals surface area contributed by atoms with E-state index in [0.29, 0.717) is 0 Å². The Morgan fingerprint density at radius 1 is 1.26 bits per heavy atom. The van der Waals surface area contributed by atoms with Crippen LogP contribution in [-0.2, 0) is 16.0 Å². The van der Waals surface area contributed by atoms with E-state index in [0.717, 1.165) is 12.1 Å². The van der Waals surface area contributed by atoms with Crippen LogP contribution in [-0.4, -0.2) is 13.7 Å². The average Bonchev–Trinajstić information content (AvgIpc) is 2.45. The molecule has 0 fully saturated rings. The topological polar surface area (TPSA) is 81.7 Å². The molecule has 0 aliphatic carbocycles. The summed E-state index contributed by atoms with van der Waals surface area (Å²) in [5.74, 6) is -0.940. The van der Waals surface area contributed by atoms with Crippen molar-refractivity contribution >= 4 is 9.84 Å². The zero-order chi connectivity index (χ0) is 17.4. The molecule has 0 spiro atoms. The molecule has 1 heterocycles. The standard InChI is InChI=1S/C15H11F3N2O2S/c1-9-5-12(14(8-20)23(21,22)13(9)7-19)10-3-2-4-11(6-10)15(16,17)18/h2-4,6,12,14H,5H2,1H3/t12-,14-/m1/s1. The number of hydrogen-bond acceptors (Lipinski definition) is 4. The maximum absolute atomic E-state index is 12.8. The molecule has 0 radical (unpaired) electrons. The lowest BCUT2D eigenvalue weighted by Crippen LogP contribution is -2.32. The summed E-state index contributed by atoms with van der Waals surface area (Å²) in [6.07, 6.45) is -4.52. The van der Waals surface area contributed by atoms with E-state index in [1.807, 2.05) is 0 Å². The van der Waals surface area contributed by atoms with Crippen molar-refractivity contribution in [2.45, 2.75) is 30.7 Å². The van der Waals surface area contributed by atoms with E-state index in [1.54, 1.807) is 12.1 Å². The molecule has 23 heavy (non-hydrogen) atoms. The fraction of sp³-hybridized carbons (Fsp3) is 0.333. The third-order valence-electron chi connectivity index (χ3n) is 3.77. The first-order chi connectivity index (χ1) is 10.6. The van der Waals surface area contributed by atoms with E-state index in [2.05, 4.69) is 0 Å². The SMILES string of the molecule is CC1=C(C#N)S(=O)(=O)[C@H](C#N)[C@@H](c2cccc(C(F)(F)F)c2)C1. The van der Waals surface area contributed by atoms with Gasteiger partial charge < -0.3 is 0 Å². The molecule has 1 aromatic carbocycles. The van der Waals surface area contributed by atoms with Gasteiger partial charge in [-0.1, -0.05) is 18.2 Å². The van der Waals surface area contributed by atoms with Gasteiger partial charge in [0.05, 0.1) is 11.6 Å². The Balaban J connectivity index is 2.60. The summed E-state index contributed by atoms with van der Waals surface area (Å²) in [7, 11) is -4.18. The number of halogens is 3. The number of nitriles is 2. The summed E-state index contributed by atoms with van der Waals surface area (Å²) in [5, 5.41) is 16.6. The van der Waals surface area contributed by atoms with Gasteiger partial charge in [0.1, 0.15) is 11.0 Å². The lowest BCUT2D eigenvalue weighted by atomic mass is 9.88. The number of sulfone groups is 1. The van der Waals surface area contributed by atoms with Crippen molar-refractivity contribution in [3.05, 3.63) is 45.9 Å². The third kappa shape index (κ3) is 2.95. The van der Waals surface area contributed by atoms with Crippen molar-refractivity contribution < 1.29 is 21.6 Å². The Hall–Kier alpha value is -2.32. The van der Waals surface area contributed by atoms with Crippen LogP contribution < -0.4 is 0 Å². The van der Waals surface area contributed by atoms with Gasteiger partial charge >= 0.3 is 6.18 Å². The smallest absolute Gasteiger partial charge is 0.222 e. The van der Waals surface area contributed by atoms with Crippen molar-refractivity contribution in [3.63, 3.8) is 0 Å². The number of alkyl halides is 3. The predicted octanol–water partition coefficient (Wildman–Crippen LogP) is 3.30. The Kier molecular flexibility index (Phi) is 4.23. The van der Waals surface area contributed by atoms with Gasteiger partial charge in [-0.2, -0.15) is 23.7 Å². The van der Waals surface area contributed by atoms with Crippen LogP contribution in [0, 0.1) is 22.7 Å². The minimum atomic E-state index is -4.56. The minimum Gasteiger partial charge on any atom is -0.222 e. The molecule has 1 aliphatic rings. The fourth-order valence-electron chi connectivity index (χ4n) is 2.67. The molecule has 0 saturated carbocycles. The summed E-state index contributed by atoms with van der Waals surface area (Å²) >= 11 is 0. The number of rotatable bonds is 1. The van der Waals surface area contributed by atoms with Crippen molar-refractivity contribution in [1.82, 2.24) is 0 Å². The summed E-state index contributed by atoms with van der Waals surface area (Å²) in [4.78, 5) is -0.465. The third-order valence-corrected chi connectivity index (χ3v) is 5.88. The molecular weight excluding hydrogens is 329 g/mol. The Bertz CT molecular complexity index is 858. The molecule has 0 aromatic heterocycles. The van der Waals surface area contributed by atoms with Crippen LogP contribution in [0.2, 0.25) is 0 Å². The van der Waals surface area contributed by atoms with Gasteiger partial charge in [0, 0.05) is 5.92 Å². The lowest BCUT2D eigenvalue weighted by molar-refractivity contribution is -0.137. The number of hydrogen-bond donors (Lipinski definition) is 0. The van der Waals surface area contributed by atoms with E-state index < -0.39 is 37.6 Å². The summed E-state index contributed by atoms with van der Waals surface area (Å²) < 4.78 is 63.1. The van der Waals surface area contributed by atoms with Crippen LogP contribution in [0.15, 0.2) is 34.7 Å². The van der Waals surface area contributed by atoms with Crippen LogP contribution in [0.25, 0.3) is 0 Å². The van der Waals surface area contributed by atoms with Crippen LogP contribution in [0.3, 0.4) is 0 Å². The molecule has 1 aromatic rings. The van der Waals surface area contributed by atoms with E-state index >= 15 is 0 Å². The maximum atomic E-state index is 12.8. The van der Waals surface area contributed by atoms with E-state index in [9.17, 15) is 26.9 Å². The molecule has 120 valence electrons. The minimum absolute atomic E-state index is 0.0433. The second-order valence-electron chi connectivity index (χ2n) is 5.25. The van der Waals surface area contributed by atoms with Gasteiger partial charge in [-0.25, -0.2) is 8.42 Å². The van der Waals surface area contributed by atoms with Crippen LogP contribution >= 0.6 is 0 Å². The second-order valence-corrected chi connectivity index (χ2v) is 7.26. The van der Waals surface area contributed by atoms with Crippen molar-refractivity contribution in [2.75, 3.05) is 0 Å². The van der Waals surface area contributed by atoms with E-state index in [1.165, 1.54) is 19.1 Å². The van der Waals surface area contributed by atoms with Gasteiger partial charge in [-0.05, 0) is 30.5 Å². The first kappa shape index (κ1) is 17.0. The summed E-state index contributed by atoms with van der Waals surface area (Å²) in [6.45, 7) is 1.43. The van der Waals surface area contributed by atoms with Gasteiger partial charge in [-0.15, -0.1) is 0 Å². The Labute approximate surface area is 131 Å². The molecule has 2 atom stereocenters. The fourth-order valence-corrected chi connectivity index (χ4v) is 4.45. The highest BCUT2D eigenvalue weighted by Crippen LogP contribution is 2.41. The highest BCUT2D eigenvalue weighted by molar-refractivity contribution is 7.96. The van der Waals surface area contributed by atoms with Crippen molar-refractivity contribution in [3.8, 4) is 12.1 Å². The summed E-state index contributed by atoms with van der Waals surface area (Å²) in [5.41, 5.74) is -0.537.